The number of anilines is 1. The van der Waals surface area contributed by atoms with Crippen LogP contribution in [-0.4, -0.2) is 44.4 Å². The highest BCUT2D eigenvalue weighted by molar-refractivity contribution is 5.99. The van der Waals surface area contributed by atoms with Gasteiger partial charge in [-0.1, -0.05) is 0 Å². The van der Waals surface area contributed by atoms with Crippen LogP contribution in [0.3, 0.4) is 0 Å². The molecule has 6 rings (SSSR count). The van der Waals surface area contributed by atoms with Gasteiger partial charge in [0.2, 0.25) is 0 Å². The van der Waals surface area contributed by atoms with Gasteiger partial charge in [-0.25, -0.2) is 9.37 Å². The molecule has 3 aromatic rings. The molecule has 0 radical (unpaired) electrons. The number of rotatable bonds is 4. The first-order chi connectivity index (χ1) is 16.3. The lowest BCUT2D eigenvalue weighted by Crippen LogP contribution is -2.60. The number of alkyl halides is 3. The molecule has 2 aliphatic heterocycles. The van der Waals surface area contributed by atoms with Crippen molar-refractivity contribution in [3.8, 4) is 11.3 Å². The Balaban J connectivity index is 1.40. The summed E-state index contributed by atoms with van der Waals surface area (Å²) in [6.45, 7) is 0.544. The van der Waals surface area contributed by atoms with Crippen molar-refractivity contribution in [3.63, 3.8) is 0 Å². The number of amides is 1. The Kier molecular flexibility index (Phi) is 5.66. The Bertz CT molecular complexity index is 1200. The minimum Gasteiger partial charge on any atom is -0.365 e. The third-order valence-corrected chi connectivity index (χ3v) is 6.49. The second kappa shape index (κ2) is 8.66. The topological polar surface area (TPSA) is 71.0 Å². The van der Waals surface area contributed by atoms with Gasteiger partial charge >= 0.3 is 6.18 Å². The first kappa shape index (κ1) is 22.2. The Labute approximate surface area is 193 Å². The maximum atomic E-state index is 14.4. The number of hydrogen-bond acceptors (Lipinski definition) is 5. The van der Waals surface area contributed by atoms with Crippen molar-refractivity contribution in [1.29, 1.82) is 0 Å². The number of hydrogen-bond donors (Lipinski definition) is 1. The molecule has 10 heteroatoms. The third-order valence-electron chi connectivity index (χ3n) is 6.49. The number of fused-ring (bicyclic) bond motifs is 3. The second-order valence-corrected chi connectivity index (χ2v) is 8.62. The molecule has 34 heavy (non-hydrogen) atoms. The number of carbonyl (C=O) groups is 1. The molecule has 176 valence electrons. The van der Waals surface area contributed by atoms with E-state index in [2.05, 4.69) is 20.3 Å². The van der Waals surface area contributed by atoms with Crippen LogP contribution in [0.2, 0.25) is 0 Å². The zero-order valence-electron chi connectivity index (χ0n) is 18.0. The summed E-state index contributed by atoms with van der Waals surface area (Å²) in [6, 6.07) is 7.94. The van der Waals surface area contributed by atoms with Crippen LogP contribution < -0.4 is 5.32 Å². The predicted octanol–water partition coefficient (Wildman–Crippen LogP) is 4.80. The smallest absolute Gasteiger partial charge is 0.365 e. The summed E-state index contributed by atoms with van der Waals surface area (Å²) in [5.74, 6) is -0.299. The van der Waals surface area contributed by atoms with Crippen molar-refractivity contribution < 1.29 is 22.4 Å². The summed E-state index contributed by atoms with van der Waals surface area (Å²) < 4.78 is 52.9. The van der Waals surface area contributed by atoms with Gasteiger partial charge in [0.25, 0.3) is 5.91 Å². The SMILES string of the molecule is O=C(c1ncccc1-c1ncccc1F)N1C[C@@H]2CC[C@H]1[C@H](Nc1ccc(C(F)(F)F)cn1)C2. The first-order valence-electron chi connectivity index (χ1n) is 11.0. The molecule has 3 aromatic heterocycles. The molecule has 3 atom stereocenters. The number of aromatic nitrogens is 3. The number of nitrogens with one attached hydrogen (secondary N) is 1. The van der Waals surface area contributed by atoms with E-state index in [1.807, 2.05) is 0 Å². The van der Waals surface area contributed by atoms with Gasteiger partial charge in [-0.15, -0.1) is 0 Å². The molecular weight excluding hydrogens is 450 g/mol. The van der Waals surface area contributed by atoms with Crippen LogP contribution in [0.1, 0.15) is 35.3 Å². The van der Waals surface area contributed by atoms with Crippen molar-refractivity contribution >= 4 is 11.7 Å². The van der Waals surface area contributed by atoms with Crippen LogP contribution in [0.25, 0.3) is 11.3 Å². The lowest BCUT2D eigenvalue weighted by Gasteiger charge is -2.50. The molecule has 1 saturated carbocycles. The van der Waals surface area contributed by atoms with Crippen LogP contribution >= 0.6 is 0 Å². The van der Waals surface area contributed by atoms with E-state index in [1.54, 1.807) is 17.0 Å². The fourth-order valence-corrected chi connectivity index (χ4v) is 4.91. The lowest BCUT2D eigenvalue weighted by molar-refractivity contribution is -0.137. The standard InChI is InChI=1S/C24H21F4N5O/c25-17-4-2-10-29-21(17)16-3-1-9-30-22(16)23(34)33-13-14-5-7-19(33)18(11-14)32-20-8-6-15(12-31-20)24(26,27)28/h1-4,6,8-10,12,14,18-19H,5,7,11,13H2,(H,31,32)/t14-,18-,19+/m1/s1. The molecule has 3 fully saturated rings. The number of piperidine rings is 2. The molecule has 0 aromatic carbocycles. The summed E-state index contributed by atoms with van der Waals surface area (Å²) in [5.41, 5.74) is -0.311. The Morgan fingerprint density at radius 1 is 1.03 bits per heavy atom. The quantitative estimate of drug-likeness (QED) is 0.554. The van der Waals surface area contributed by atoms with Crippen LogP contribution in [0.4, 0.5) is 23.4 Å². The molecule has 6 nitrogen and oxygen atoms in total. The van der Waals surface area contributed by atoms with E-state index in [9.17, 15) is 22.4 Å². The Morgan fingerprint density at radius 3 is 2.53 bits per heavy atom. The van der Waals surface area contributed by atoms with Crippen LogP contribution in [0, 0.1) is 11.7 Å². The van der Waals surface area contributed by atoms with Gasteiger partial charge in [0, 0.05) is 36.7 Å². The van der Waals surface area contributed by atoms with E-state index in [-0.39, 0.29) is 35.3 Å². The highest BCUT2D eigenvalue weighted by atomic mass is 19.4. The fraction of sp³-hybridized carbons (Fsp3) is 0.333. The number of nitrogens with zero attached hydrogens (tertiary/aromatic N) is 4. The zero-order valence-corrected chi connectivity index (χ0v) is 18.0. The number of pyridine rings is 3. The maximum Gasteiger partial charge on any atom is 0.417 e. The summed E-state index contributed by atoms with van der Waals surface area (Å²) >= 11 is 0. The molecule has 2 bridgehead atoms. The third kappa shape index (κ3) is 4.20. The second-order valence-electron chi connectivity index (χ2n) is 8.62. The monoisotopic (exact) mass is 471 g/mol. The van der Waals surface area contributed by atoms with Crippen LogP contribution in [-0.2, 0) is 6.18 Å². The van der Waals surface area contributed by atoms with E-state index in [1.165, 1.54) is 30.6 Å². The molecule has 0 spiro atoms. The largest absolute Gasteiger partial charge is 0.417 e. The summed E-state index contributed by atoms with van der Waals surface area (Å²) in [5, 5.41) is 3.22. The Morgan fingerprint density at radius 2 is 1.82 bits per heavy atom. The minimum absolute atomic E-state index is 0.0600. The first-order valence-corrected chi connectivity index (χ1v) is 11.0. The van der Waals surface area contributed by atoms with E-state index in [0.717, 1.165) is 31.5 Å². The predicted molar refractivity (Wildman–Crippen MR) is 116 cm³/mol. The normalized spacial score (nSPS) is 22.0. The van der Waals surface area contributed by atoms with Crippen molar-refractivity contribution in [3.05, 3.63) is 72.1 Å². The molecule has 0 unspecified atom stereocenters. The molecular formula is C24H21F4N5O. The number of halogens is 4. The van der Waals surface area contributed by atoms with Crippen molar-refractivity contribution in [2.45, 2.75) is 37.5 Å². The fourth-order valence-electron chi connectivity index (χ4n) is 4.91. The van der Waals surface area contributed by atoms with E-state index in [0.29, 0.717) is 17.9 Å². The van der Waals surface area contributed by atoms with Gasteiger partial charge in [-0.05, 0) is 61.6 Å². The van der Waals surface area contributed by atoms with Gasteiger partial charge in [-0.2, -0.15) is 13.2 Å². The molecule has 2 saturated heterocycles. The molecule has 3 aliphatic rings. The molecule has 1 N–H and O–H groups in total. The van der Waals surface area contributed by atoms with Crippen molar-refractivity contribution in [2.24, 2.45) is 5.92 Å². The maximum absolute atomic E-state index is 14.4. The average Bonchev–Trinajstić information content (AvgIpc) is 2.84. The molecule has 1 aliphatic carbocycles. The summed E-state index contributed by atoms with van der Waals surface area (Å²) in [7, 11) is 0. The van der Waals surface area contributed by atoms with Gasteiger partial charge in [-0.3, -0.25) is 14.8 Å². The molecule has 1 amide bonds. The van der Waals surface area contributed by atoms with Crippen LogP contribution in [0.15, 0.2) is 55.0 Å². The summed E-state index contributed by atoms with van der Waals surface area (Å²) in [4.78, 5) is 27.6. The zero-order chi connectivity index (χ0) is 23.9. The van der Waals surface area contributed by atoms with E-state index < -0.39 is 17.6 Å². The van der Waals surface area contributed by atoms with Crippen molar-refractivity contribution in [1.82, 2.24) is 19.9 Å². The van der Waals surface area contributed by atoms with Gasteiger partial charge in [0.1, 0.15) is 23.0 Å². The van der Waals surface area contributed by atoms with Gasteiger partial charge < -0.3 is 10.2 Å². The van der Waals surface area contributed by atoms with E-state index in [4.69, 9.17) is 0 Å². The molecule has 5 heterocycles. The summed E-state index contributed by atoms with van der Waals surface area (Å²) in [6.07, 6.45) is 1.77. The highest BCUT2D eigenvalue weighted by Crippen LogP contribution is 2.38. The minimum atomic E-state index is -4.45. The lowest BCUT2D eigenvalue weighted by atomic mass is 9.76. The van der Waals surface area contributed by atoms with Gasteiger partial charge in [0.15, 0.2) is 0 Å². The number of carbonyl (C=O) groups excluding carboxylic acids is 1. The Hall–Kier alpha value is -3.56. The van der Waals surface area contributed by atoms with Gasteiger partial charge in [0.05, 0.1) is 11.6 Å². The average molecular weight is 471 g/mol. The van der Waals surface area contributed by atoms with Crippen LogP contribution in [0.5, 0.6) is 0 Å². The van der Waals surface area contributed by atoms with E-state index >= 15 is 0 Å². The van der Waals surface area contributed by atoms with Crippen molar-refractivity contribution in [2.75, 3.05) is 11.9 Å². The highest BCUT2D eigenvalue weighted by Gasteiger charge is 2.44.